The highest BCUT2D eigenvalue weighted by molar-refractivity contribution is 6.30. The molecule has 130 valence electrons. The quantitative estimate of drug-likeness (QED) is 0.729. The minimum absolute atomic E-state index is 0. The van der Waals surface area contributed by atoms with E-state index in [1.54, 1.807) is 12.1 Å². The molecule has 1 aromatic carbocycles. The van der Waals surface area contributed by atoms with Crippen LogP contribution >= 0.6 is 24.0 Å². The van der Waals surface area contributed by atoms with Gasteiger partial charge in [0.25, 0.3) is 5.91 Å². The van der Waals surface area contributed by atoms with Gasteiger partial charge in [-0.25, -0.2) is 0 Å². The number of amides is 1. The van der Waals surface area contributed by atoms with Gasteiger partial charge in [-0.05, 0) is 30.0 Å². The lowest BCUT2D eigenvalue weighted by Crippen LogP contribution is -2.47. The molecule has 0 spiro atoms. The molecule has 0 radical (unpaired) electrons. The molecule has 1 aliphatic rings. The van der Waals surface area contributed by atoms with E-state index >= 15 is 0 Å². The number of nitrogens with two attached hydrogens (primary N) is 1. The van der Waals surface area contributed by atoms with E-state index in [4.69, 9.17) is 17.3 Å². The van der Waals surface area contributed by atoms with Crippen LogP contribution in [0.5, 0.6) is 0 Å². The number of carbonyl (C=O) groups excluding carboxylic acids is 1. The predicted octanol–water partition coefficient (Wildman–Crippen LogP) is 3.04. The van der Waals surface area contributed by atoms with Crippen LogP contribution in [0.2, 0.25) is 5.02 Å². The van der Waals surface area contributed by atoms with Gasteiger partial charge in [-0.15, -0.1) is 12.4 Å². The first-order valence-electron chi connectivity index (χ1n) is 8.02. The largest absolute Gasteiger partial charge is 0.382 e. The first-order valence-corrected chi connectivity index (χ1v) is 8.40. The summed E-state index contributed by atoms with van der Waals surface area (Å²) in [7, 11) is 0. The summed E-state index contributed by atoms with van der Waals surface area (Å²) in [6.45, 7) is 0.340. The first-order chi connectivity index (χ1) is 10.6. The lowest BCUT2D eigenvalue weighted by molar-refractivity contribution is -0.130. The number of nitrogens with one attached hydrogen (secondary N) is 1. The van der Waals surface area contributed by atoms with E-state index < -0.39 is 18.1 Å². The fourth-order valence-corrected chi connectivity index (χ4v) is 3.28. The average Bonchev–Trinajstić information content (AvgIpc) is 2.53. The highest BCUT2D eigenvalue weighted by atomic mass is 35.5. The summed E-state index contributed by atoms with van der Waals surface area (Å²) in [6.07, 6.45) is 5.62. The standard InChI is InChI=1S/C17H25ClN2O2.ClH/c18-14-8-4-7-13(9-14)11-20-17(22)16(21)15(19)10-12-5-2-1-3-6-12;/h4,7-9,12,15-16,21H,1-3,5-6,10-11,19H2,(H,20,22);1H. The maximum Gasteiger partial charge on any atom is 0.250 e. The third kappa shape index (κ3) is 6.68. The predicted molar refractivity (Wildman–Crippen MR) is 95.7 cm³/mol. The second kappa shape index (κ2) is 10.1. The zero-order valence-corrected chi connectivity index (χ0v) is 14.8. The van der Waals surface area contributed by atoms with E-state index in [1.165, 1.54) is 19.3 Å². The Kier molecular flexibility index (Phi) is 8.92. The summed E-state index contributed by atoms with van der Waals surface area (Å²) < 4.78 is 0. The molecule has 4 nitrogen and oxygen atoms in total. The molecule has 1 fully saturated rings. The van der Waals surface area contributed by atoms with Gasteiger partial charge in [-0.1, -0.05) is 55.8 Å². The van der Waals surface area contributed by atoms with E-state index in [9.17, 15) is 9.90 Å². The Hall–Kier alpha value is -0.810. The lowest BCUT2D eigenvalue weighted by atomic mass is 9.84. The Morgan fingerprint density at radius 2 is 2.04 bits per heavy atom. The number of benzene rings is 1. The van der Waals surface area contributed by atoms with Crippen molar-refractivity contribution in [1.29, 1.82) is 0 Å². The summed E-state index contributed by atoms with van der Waals surface area (Å²) in [5, 5.41) is 13.4. The van der Waals surface area contributed by atoms with Crippen LogP contribution in [0.15, 0.2) is 24.3 Å². The van der Waals surface area contributed by atoms with E-state index in [1.807, 2.05) is 12.1 Å². The summed E-state index contributed by atoms with van der Waals surface area (Å²) in [4.78, 5) is 12.0. The van der Waals surface area contributed by atoms with E-state index in [-0.39, 0.29) is 12.4 Å². The van der Waals surface area contributed by atoms with Crippen LogP contribution in [0, 0.1) is 5.92 Å². The third-order valence-electron chi connectivity index (χ3n) is 4.36. The number of halogens is 2. The molecule has 0 saturated heterocycles. The number of rotatable bonds is 6. The zero-order valence-electron chi connectivity index (χ0n) is 13.2. The maximum atomic E-state index is 12.0. The van der Waals surface area contributed by atoms with Crippen molar-refractivity contribution in [3.8, 4) is 0 Å². The molecule has 6 heteroatoms. The van der Waals surface area contributed by atoms with Crippen molar-refractivity contribution in [2.75, 3.05) is 0 Å². The summed E-state index contributed by atoms with van der Waals surface area (Å²) >= 11 is 5.90. The van der Waals surface area contributed by atoms with Crippen molar-refractivity contribution in [3.05, 3.63) is 34.9 Å². The van der Waals surface area contributed by atoms with Crippen molar-refractivity contribution < 1.29 is 9.90 Å². The first kappa shape index (κ1) is 20.2. The molecule has 1 aromatic rings. The number of hydrogen-bond donors (Lipinski definition) is 3. The van der Waals surface area contributed by atoms with E-state index in [0.29, 0.717) is 23.9 Å². The Bertz CT molecular complexity index is 493. The molecule has 4 N–H and O–H groups in total. The molecule has 0 aromatic heterocycles. The van der Waals surface area contributed by atoms with Crippen molar-refractivity contribution in [2.45, 2.75) is 57.2 Å². The number of aliphatic hydroxyl groups excluding tert-OH is 1. The SMILES string of the molecule is Cl.NC(CC1CCCCC1)C(O)C(=O)NCc1cccc(Cl)c1. The third-order valence-corrected chi connectivity index (χ3v) is 4.60. The molecule has 1 saturated carbocycles. The molecule has 23 heavy (non-hydrogen) atoms. The van der Waals surface area contributed by atoms with Crippen LogP contribution in [-0.2, 0) is 11.3 Å². The molecule has 2 unspecified atom stereocenters. The Labute approximate surface area is 149 Å². The average molecular weight is 361 g/mol. The van der Waals surface area contributed by atoms with Crippen LogP contribution in [0.25, 0.3) is 0 Å². The van der Waals surface area contributed by atoms with Gasteiger partial charge >= 0.3 is 0 Å². The number of carbonyl (C=O) groups is 1. The molecule has 1 amide bonds. The molecular formula is C17H26Cl2N2O2. The van der Waals surface area contributed by atoms with Gasteiger partial charge in [0.15, 0.2) is 0 Å². The molecule has 0 heterocycles. The van der Waals surface area contributed by atoms with Crippen molar-refractivity contribution in [3.63, 3.8) is 0 Å². The monoisotopic (exact) mass is 360 g/mol. The van der Waals surface area contributed by atoms with Crippen molar-refractivity contribution in [1.82, 2.24) is 5.32 Å². The molecule has 0 aliphatic heterocycles. The highest BCUT2D eigenvalue weighted by Gasteiger charge is 2.26. The van der Waals surface area contributed by atoms with Crippen molar-refractivity contribution in [2.24, 2.45) is 11.7 Å². The Balaban J connectivity index is 0.00000264. The van der Waals surface area contributed by atoms with Gasteiger partial charge < -0.3 is 16.2 Å². The van der Waals surface area contributed by atoms with E-state index in [2.05, 4.69) is 5.32 Å². The topological polar surface area (TPSA) is 75.3 Å². The molecule has 1 aliphatic carbocycles. The van der Waals surface area contributed by atoms with Gasteiger partial charge in [-0.3, -0.25) is 4.79 Å². The normalized spacial score (nSPS) is 17.9. The Morgan fingerprint density at radius 3 is 2.70 bits per heavy atom. The van der Waals surface area contributed by atoms with Crippen LogP contribution in [0.4, 0.5) is 0 Å². The maximum absolute atomic E-state index is 12.0. The van der Waals surface area contributed by atoms with Gasteiger partial charge in [0.1, 0.15) is 6.10 Å². The van der Waals surface area contributed by atoms with Gasteiger partial charge in [-0.2, -0.15) is 0 Å². The molecule has 2 rings (SSSR count). The minimum Gasteiger partial charge on any atom is -0.382 e. The summed E-state index contributed by atoms with van der Waals surface area (Å²) in [5.74, 6) is 0.127. The minimum atomic E-state index is -1.15. The van der Waals surface area contributed by atoms with Crippen LogP contribution < -0.4 is 11.1 Å². The molecular weight excluding hydrogens is 335 g/mol. The number of aliphatic hydroxyl groups is 1. The Morgan fingerprint density at radius 1 is 1.35 bits per heavy atom. The second-order valence-electron chi connectivity index (χ2n) is 6.20. The highest BCUT2D eigenvalue weighted by Crippen LogP contribution is 2.27. The van der Waals surface area contributed by atoms with Crippen molar-refractivity contribution >= 4 is 29.9 Å². The molecule has 2 atom stereocenters. The lowest BCUT2D eigenvalue weighted by Gasteiger charge is -2.26. The number of hydrogen-bond acceptors (Lipinski definition) is 3. The molecule has 0 bridgehead atoms. The van der Waals surface area contributed by atoms with Gasteiger partial charge in [0.2, 0.25) is 0 Å². The zero-order chi connectivity index (χ0) is 15.9. The second-order valence-corrected chi connectivity index (χ2v) is 6.63. The van der Waals surface area contributed by atoms with E-state index in [0.717, 1.165) is 18.4 Å². The fraction of sp³-hybridized carbons (Fsp3) is 0.588. The van der Waals surface area contributed by atoms with Crippen LogP contribution in [0.1, 0.15) is 44.1 Å². The van der Waals surface area contributed by atoms with Gasteiger partial charge in [0, 0.05) is 17.6 Å². The fourth-order valence-electron chi connectivity index (χ4n) is 3.07. The summed E-state index contributed by atoms with van der Waals surface area (Å²) in [6, 6.07) is 6.77. The van der Waals surface area contributed by atoms with Gasteiger partial charge in [0.05, 0.1) is 0 Å². The smallest absolute Gasteiger partial charge is 0.250 e. The van der Waals surface area contributed by atoms with Crippen LogP contribution in [0.3, 0.4) is 0 Å². The summed E-state index contributed by atoms with van der Waals surface area (Å²) in [5.41, 5.74) is 6.91. The van der Waals surface area contributed by atoms with Crippen LogP contribution in [-0.4, -0.2) is 23.2 Å².